The summed E-state index contributed by atoms with van der Waals surface area (Å²) < 4.78 is 0. The minimum absolute atomic E-state index is 1.01. The van der Waals surface area contributed by atoms with Crippen LogP contribution in [0, 0.1) is 6.07 Å². The van der Waals surface area contributed by atoms with Gasteiger partial charge in [-0.2, -0.15) is 11.8 Å². The quantitative estimate of drug-likeness (QED) is 0.634. The zero-order valence-electron chi connectivity index (χ0n) is 8.83. The van der Waals surface area contributed by atoms with E-state index in [1.807, 2.05) is 30.1 Å². The summed E-state index contributed by atoms with van der Waals surface area (Å²) in [5.41, 5.74) is 1.08. The summed E-state index contributed by atoms with van der Waals surface area (Å²) in [6.07, 6.45) is 7.24. The summed E-state index contributed by atoms with van der Waals surface area (Å²) in [7, 11) is 0. The number of hydrogen-bond acceptors (Lipinski definition) is 2. The fourth-order valence-corrected chi connectivity index (χ4v) is 2.14. The minimum atomic E-state index is 1.01. The van der Waals surface area contributed by atoms with E-state index in [0.29, 0.717) is 0 Å². The molecule has 0 aliphatic carbocycles. The number of unbranched alkanes of at least 4 members (excludes halogenated alkanes) is 3. The normalized spacial score (nSPS) is 10.4. The van der Waals surface area contributed by atoms with Crippen LogP contribution in [0.2, 0.25) is 0 Å². The molecule has 0 saturated carbocycles. The molecule has 0 aliphatic heterocycles. The van der Waals surface area contributed by atoms with Gasteiger partial charge in [-0.15, -0.1) is 0 Å². The second-order valence-electron chi connectivity index (χ2n) is 3.34. The van der Waals surface area contributed by atoms with E-state index >= 15 is 0 Å². The predicted octanol–water partition coefficient (Wildman–Crippen LogP) is 3.70. The maximum atomic E-state index is 4.24. The van der Waals surface area contributed by atoms with Crippen molar-refractivity contribution in [1.29, 1.82) is 0 Å². The molecule has 0 fully saturated rings. The van der Waals surface area contributed by atoms with Crippen LogP contribution in [0.5, 0.6) is 0 Å². The van der Waals surface area contributed by atoms with E-state index in [1.54, 1.807) is 0 Å². The zero-order chi connectivity index (χ0) is 10.1. The summed E-state index contributed by atoms with van der Waals surface area (Å²) in [5, 5.41) is 0. The van der Waals surface area contributed by atoms with Crippen molar-refractivity contribution in [2.75, 3.05) is 5.75 Å². The molecule has 14 heavy (non-hydrogen) atoms. The maximum absolute atomic E-state index is 4.24. The molecular weight excluding hydrogens is 190 g/mol. The average Bonchev–Trinajstić information content (AvgIpc) is 2.25. The van der Waals surface area contributed by atoms with E-state index in [-0.39, 0.29) is 0 Å². The Kier molecular flexibility index (Phi) is 6.50. The molecule has 1 aromatic rings. The standard InChI is InChI=1S/C12H18NS/c1-2-3-4-7-10-14-11-12-8-5-6-9-13-12/h5-6,9H,2-4,7,10-11H2,1H3. The monoisotopic (exact) mass is 208 g/mol. The molecule has 1 heterocycles. The third-order valence-electron chi connectivity index (χ3n) is 2.04. The van der Waals surface area contributed by atoms with Gasteiger partial charge in [-0.1, -0.05) is 32.3 Å². The lowest BCUT2D eigenvalue weighted by Crippen LogP contribution is -1.87. The second-order valence-corrected chi connectivity index (χ2v) is 4.45. The van der Waals surface area contributed by atoms with Crippen LogP contribution in [0.25, 0.3) is 0 Å². The van der Waals surface area contributed by atoms with Crippen LogP contribution in [-0.2, 0) is 5.75 Å². The third kappa shape index (κ3) is 5.28. The molecule has 0 amide bonds. The van der Waals surface area contributed by atoms with Crippen molar-refractivity contribution in [1.82, 2.24) is 4.98 Å². The van der Waals surface area contributed by atoms with Gasteiger partial charge in [0.2, 0.25) is 0 Å². The topological polar surface area (TPSA) is 12.9 Å². The Hall–Kier alpha value is -0.500. The van der Waals surface area contributed by atoms with E-state index < -0.39 is 0 Å². The van der Waals surface area contributed by atoms with Crippen LogP contribution in [-0.4, -0.2) is 10.7 Å². The third-order valence-corrected chi connectivity index (χ3v) is 3.10. The second kappa shape index (κ2) is 7.86. The van der Waals surface area contributed by atoms with Gasteiger partial charge in [-0.05, 0) is 18.2 Å². The number of aromatic nitrogens is 1. The summed E-state index contributed by atoms with van der Waals surface area (Å²) in [5.74, 6) is 2.26. The molecule has 0 spiro atoms. The van der Waals surface area contributed by atoms with Crippen molar-refractivity contribution in [3.63, 3.8) is 0 Å². The SMILES string of the molecule is CCCCCCSCc1[c]cccn1. The first-order valence-electron chi connectivity index (χ1n) is 5.33. The van der Waals surface area contributed by atoms with Crippen molar-refractivity contribution < 1.29 is 0 Å². The zero-order valence-corrected chi connectivity index (χ0v) is 9.65. The van der Waals surface area contributed by atoms with E-state index in [0.717, 1.165) is 11.4 Å². The number of pyridine rings is 1. The minimum Gasteiger partial charge on any atom is -0.260 e. The first-order chi connectivity index (χ1) is 6.93. The summed E-state index contributed by atoms with van der Waals surface area (Å²) >= 11 is 1.96. The molecule has 0 saturated heterocycles. The van der Waals surface area contributed by atoms with E-state index in [2.05, 4.69) is 18.0 Å². The highest BCUT2D eigenvalue weighted by molar-refractivity contribution is 7.98. The van der Waals surface area contributed by atoms with Crippen molar-refractivity contribution in [2.24, 2.45) is 0 Å². The van der Waals surface area contributed by atoms with Gasteiger partial charge in [0.15, 0.2) is 0 Å². The first kappa shape index (κ1) is 11.6. The Morgan fingerprint density at radius 3 is 3.00 bits per heavy atom. The van der Waals surface area contributed by atoms with E-state index in [9.17, 15) is 0 Å². The Morgan fingerprint density at radius 1 is 1.36 bits per heavy atom. The lowest BCUT2D eigenvalue weighted by Gasteiger charge is -2.00. The lowest BCUT2D eigenvalue weighted by atomic mass is 10.2. The smallest absolute Gasteiger partial charge is 0.0581 e. The molecular formula is C12H18NS. The first-order valence-corrected chi connectivity index (χ1v) is 6.48. The molecule has 2 heteroatoms. The highest BCUT2D eigenvalue weighted by atomic mass is 32.2. The highest BCUT2D eigenvalue weighted by Crippen LogP contribution is 2.12. The van der Waals surface area contributed by atoms with E-state index in [4.69, 9.17) is 0 Å². The molecule has 1 nitrogen and oxygen atoms in total. The van der Waals surface area contributed by atoms with Crippen molar-refractivity contribution in [2.45, 2.75) is 38.4 Å². The summed E-state index contributed by atoms with van der Waals surface area (Å²) in [6, 6.07) is 6.98. The highest BCUT2D eigenvalue weighted by Gasteiger charge is 1.93. The largest absolute Gasteiger partial charge is 0.260 e. The van der Waals surface area contributed by atoms with Gasteiger partial charge in [0.1, 0.15) is 0 Å². The number of hydrogen-bond donors (Lipinski definition) is 0. The molecule has 0 bridgehead atoms. The van der Waals surface area contributed by atoms with Gasteiger partial charge in [0, 0.05) is 18.0 Å². The van der Waals surface area contributed by atoms with Gasteiger partial charge in [-0.3, -0.25) is 4.98 Å². The molecule has 1 radical (unpaired) electrons. The number of thioether (sulfide) groups is 1. The van der Waals surface area contributed by atoms with Crippen molar-refractivity contribution in [3.8, 4) is 0 Å². The molecule has 0 aliphatic rings. The van der Waals surface area contributed by atoms with Crippen LogP contribution < -0.4 is 0 Å². The molecule has 1 aromatic heterocycles. The Labute approximate surface area is 91.3 Å². The molecule has 0 atom stereocenters. The Bertz CT molecular complexity index is 223. The number of rotatable bonds is 7. The summed E-state index contributed by atoms with van der Waals surface area (Å²) in [6.45, 7) is 2.25. The average molecular weight is 208 g/mol. The van der Waals surface area contributed by atoms with Gasteiger partial charge in [0.05, 0.1) is 5.69 Å². The van der Waals surface area contributed by atoms with Gasteiger partial charge < -0.3 is 0 Å². The lowest BCUT2D eigenvalue weighted by molar-refractivity contribution is 0.706. The van der Waals surface area contributed by atoms with Crippen LogP contribution in [0.4, 0.5) is 0 Å². The van der Waals surface area contributed by atoms with Gasteiger partial charge in [-0.25, -0.2) is 0 Å². The Morgan fingerprint density at radius 2 is 2.29 bits per heavy atom. The van der Waals surface area contributed by atoms with Gasteiger partial charge in [0.25, 0.3) is 0 Å². The molecule has 1 rings (SSSR count). The number of nitrogens with zero attached hydrogens (tertiary/aromatic N) is 1. The van der Waals surface area contributed by atoms with Crippen molar-refractivity contribution >= 4 is 11.8 Å². The van der Waals surface area contributed by atoms with E-state index in [1.165, 1.54) is 31.4 Å². The van der Waals surface area contributed by atoms with Crippen LogP contribution in [0.15, 0.2) is 18.3 Å². The Balaban J connectivity index is 1.99. The van der Waals surface area contributed by atoms with Crippen molar-refractivity contribution in [3.05, 3.63) is 30.1 Å². The van der Waals surface area contributed by atoms with Crippen LogP contribution in [0.1, 0.15) is 38.3 Å². The van der Waals surface area contributed by atoms with Gasteiger partial charge >= 0.3 is 0 Å². The summed E-state index contributed by atoms with van der Waals surface area (Å²) in [4.78, 5) is 4.24. The van der Waals surface area contributed by atoms with Crippen LogP contribution in [0.3, 0.4) is 0 Å². The molecule has 77 valence electrons. The van der Waals surface area contributed by atoms with Crippen LogP contribution >= 0.6 is 11.8 Å². The fraction of sp³-hybridized carbons (Fsp3) is 0.583. The molecule has 0 aromatic carbocycles. The predicted molar refractivity (Wildman–Crippen MR) is 63.4 cm³/mol. The molecule has 0 N–H and O–H groups in total. The molecule has 0 unspecified atom stereocenters. The maximum Gasteiger partial charge on any atom is 0.0581 e. The fourth-order valence-electron chi connectivity index (χ4n) is 1.24.